The number of amides is 2. The number of nitrogens with one attached hydrogen (secondary N) is 1. The first-order valence-electron chi connectivity index (χ1n) is 6.79. The van der Waals surface area contributed by atoms with E-state index in [2.05, 4.69) is 21.7 Å². The van der Waals surface area contributed by atoms with Gasteiger partial charge in [0.15, 0.2) is 0 Å². The highest BCUT2D eigenvalue weighted by atomic mass is 32.1. The summed E-state index contributed by atoms with van der Waals surface area (Å²) in [5, 5.41) is 5.16. The number of fused-ring (bicyclic) bond motifs is 1. The van der Waals surface area contributed by atoms with Gasteiger partial charge in [-0.1, -0.05) is 0 Å². The molecule has 1 N–H and O–H groups in total. The van der Waals surface area contributed by atoms with Gasteiger partial charge >= 0.3 is 6.03 Å². The molecule has 0 unspecified atom stereocenters. The number of nitrogens with zero attached hydrogens (tertiary/aromatic N) is 3. The Kier molecular flexibility index (Phi) is 3.73. The second-order valence-corrected chi connectivity index (χ2v) is 6.15. The van der Waals surface area contributed by atoms with Crippen LogP contribution < -0.4 is 5.32 Å². The minimum Gasteiger partial charge on any atom is -0.335 e. The molecule has 1 atom stereocenters. The summed E-state index contributed by atoms with van der Waals surface area (Å²) < 4.78 is 1.97. The maximum Gasteiger partial charge on any atom is 0.317 e. The maximum atomic E-state index is 12.3. The second kappa shape index (κ2) is 5.66. The van der Waals surface area contributed by atoms with E-state index in [1.807, 2.05) is 22.6 Å². The third-order valence-corrected chi connectivity index (χ3v) is 4.53. The fourth-order valence-corrected chi connectivity index (χ4v) is 3.37. The van der Waals surface area contributed by atoms with Crippen LogP contribution in [-0.4, -0.2) is 33.1 Å². The summed E-state index contributed by atoms with van der Waals surface area (Å²) in [6.07, 6.45) is 6.38. The monoisotopic (exact) mass is 290 g/mol. The number of aromatic nitrogens is 2. The Labute approximate surface area is 122 Å². The summed E-state index contributed by atoms with van der Waals surface area (Å²) in [6.45, 7) is 4.28. The third kappa shape index (κ3) is 2.85. The zero-order valence-electron chi connectivity index (χ0n) is 11.5. The highest BCUT2D eigenvalue weighted by molar-refractivity contribution is 7.10. The number of imidazole rings is 1. The van der Waals surface area contributed by atoms with Crippen LogP contribution in [0.3, 0.4) is 0 Å². The fourth-order valence-electron chi connectivity index (χ4n) is 2.48. The lowest BCUT2D eigenvalue weighted by molar-refractivity contribution is 0.188. The summed E-state index contributed by atoms with van der Waals surface area (Å²) in [5.74, 6) is 0. The Morgan fingerprint density at radius 1 is 1.60 bits per heavy atom. The van der Waals surface area contributed by atoms with Crippen molar-refractivity contribution in [2.75, 3.05) is 6.54 Å². The predicted octanol–water partition coefficient (Wildman–Crippen LogP) is 2.10. The average Bonchev–Trinajstić information content (AvgIpc) is 3.07. The lowest BCUT2D eigenvalue weighted by Gasteiger charge is -2.28. The molecule has 2 aromatic heterocycles. The Bertz CT molecular complexity index is 578. The molecule has 3 rings (SSSR count). The van der Waals surface area contributed by atoms with Gasteiger partial charge < -0.3 is 14.8 Å². The summed E-state index contributed by atoms with van der Waals surface area (Å²) in [6, 6.07) is 2.23. The molecular weight excluding hydrogens is 272 g/mol. The van der Waals surface area contributed by atoms with Crippen molar-refractivity contribution in [2.24, 2.45) is 0 Å². The van der Waals surface area contributed by atoms with Crippen LogP contribution in [0.15, 0.2) is 30.2 Å². The van der Waals surface area contributed by atoms with Crippen LogP contribution >= 0.6 is 11.3 Å². The zero-order valence-corrected chi connectivity index (χ0v) is 12.3. The van der Waals surface area contributed by atoms with Gasteiger partial charge in [0.2, 0.25) is 0 Å². The van der Waals surface area contributed by atoms with Crippen LogP contribution in [0.2, 0.25) is 0 Å². The highest BCUT2D eigenvalue weighted by Gasteiger charge is 2.22. The van der Waals surface area contributed by atoms with Crippen molar-refractivity contribution < 1.29 is 4.79 Å². The second-order valence-electron chi connectivity index (χ2n) is 5.15. The van der Waals surface area contributed by atoms with Crippen LogP contribution in [-0.2, 0) is 19.5 Å². The smallest absolute Gasteiger partial charge is 0.317 e. The van der Waals surface area contributed by atoms with E-state index >= 15 is 0 Å². The molecule has 20 heavy (non-hydrogen) atoms. The van der Waals surface area contributed by atoms with E-state index in [4.69, 9.17) is 0 Å². The van der Waals surface area contributed by atoms with Gasteiger partial charge in [0, 0.05) is 42.9 Å². The van der Waals surface area contributed by atoms with Crippen LogP contribution in [0.4, 0.5) is 4.79 Å². The molecule has 0 radical (unpaired) electrons. The van der Waals surface area contributed by atoms with Crippen LogP contribution in [0.5, 0.6) is 0 Å². The molecule has 0 aromatic carbocycles. The Morgan fingerprint density at radius 2 is 2.50 bits per heavy atom. The minimum absolute atomic E-state index is 0.0227. The molecule has 0 saturated carbocycles. The normalized spacial score (nSPS) is 15.8. The maximum absolute atomic E-state index is 12.3. The molecular formula is C14H18N4OS. The lowest BCUT2D eigenvalue weighted by atomic mass is 10.1. The first kappa shape index (κ1) is 13.2. The minimum atomic E-state index is 0.0227. The number of thiophene rings is 1. The molecule has 1 aliphatic heterocycles. The molecule has 0 aliphatic carbocycles. The van der Waals surface area contributed by atoms with Gasteiger partial charge in [0.25, 0.3) is 0 Å². The van der Waals surface area contributed by atoms with E-state index in [1.54, 1.807) is 23.9 Å². The molecule has 0 fully saturated rings. The first-order chi connectivity index (χ1) is 9.72. The molecule has 0 bridgehead atoms. The van der Waals surface area contributed by atoms with Gasteiger partial charge in [-0.15, -0.1) is 11.3 Å². The van der Waals surface area contributed by atoms with E-state index in [9.17, 15) is 4.79 Å². The van der Waals surface area contributed by atoms with Gasteiger partial charge in [-0.2, -0.15) is 0 Å². The van der Waals surface area contributed by atoms with E-state index in [1.165, 1.54) is 10.4 Å². The van der Waals surface area contributed by atoms with Crippen LogP contribution in [0.1, 0.15) is 17.4 Å². The topological polar surface area (TPSA) is 50.2 Å². The van der Waals surface area contributed by atoms with Crippen molar-refractivity contribution in [1.29, 1.82) is 0 Å². The largest absolute Gasteiger partial charge is 0.335 e. The molecule has 2 aromatic rings. The number of hydrogen-bond donors (Lipinski definition) is 1. The third-order valence-electron chi connectivity index (χ3n) is 3.51. The predicted molar refractivity (Wildman–Crippen MR) is 78.7 cm³/mol. The molecule has 3 heterocycles. The molecule has 5 nitrogen and oxygen atoms in total. The quantitative estimate of drug-likeness (QED) is 0.941. The molecule has 6 heteroatoms. The van der Waals surface area contributed by atoms with Crippen LogP contribution in [0, 0.1) is 0 Å². The van der Waals surface area contributed by atoms with Crippen molar-refractivity contribution in [3.63, 3.8) is 0 Å². The summed E-state index contributed by atoms with van der Waals surface area (Å²) >= 11 is 1.79. The number of carbonyl (C=O) groups is 1. The van der Waals surface area contributed by atoms with Gasteiger partial charge in [0.1, 0.15) is 0 Å². The number of hydrogen-bond acceptors (Lipinski definition) is 3. The summed E-state index contributed by atoms with van der Waals surface area (Å²) in [5.41, 5.74) is 1.29. The van der Waals surface area contributed by atoms with Crippen molar-refractivity contribution in [3.05, 3.63) is 40.6 Å². The summed E-state index contributed by atoms with van der Waals surface area (Å²) in [4.78, 5) is 19.6. The summed E-state index contributed by atoms with van der Waals surface area (Å²) in [7, 11) is 0. The SMILES string of the molecule is C[C@H](Cn1ccnc1)NC(=O)N1CCc2sccc2C1. The van der Waals surface area contributed by atoms with E-state index < -0.39 is 0 Å². The van der Waals surface area contributed by atoms with Crippen molar-refractivity contribution in [1.82, 2.24) is 19.8 Å². The zero-order chi connectivity index (χ0) is 13.9. The average molecular weight is 290 g/mol. The Hall–Kier alpha value is -1.82. The first-order valence-corrected chi connectivity index (χ1v) is 7.67. The standard InChI is InChI=1S/C14H18N4OS/c1-11(8-17-6-4-15-10-17)16-14(19)18-5-2-13-12(9-18)3-7-20-13/h3-4,6-7,10-11H,2,5,8-9H2,1H3,(H,16,19)/t11-/m1/s1. The number of carbonyl (C=O) groups excluding carboxylic acids is 1. The fraction of sp³-hybridized carbons (Fsp3) is 0.429. The van der Waals surface area contributed by atoms with Crippen molar-refractivity contribution in [2.45, 2.75) is 32.5 Å². The number of rotatable bonds is 3. The molecule has 1 aliphatic rings. The van der Waals surface area contributed by atoms with Gasteiger partial charge in [0.05, 0.1) is 6.33 Å². The van der Waals surface area contributed by atoms with Crippen molar-refractivity contribution >= 4 is 17.4 Å². The van der Waals surface area contributed by atoms with Gasteiger partial charge in [-0.3, -0.25) is 0 Å². The Balaban J connectivity index is 1.54. The Morgan fingerprint density at radius 3 is 3.30 bits per heavy atom. The molecule has 2 amide bonds. The van der Waals surface area contributed by atoms with Gasteiger partial charge in [-0.25, -0.2) is 9.78 Å². The lowest BCUT2D eigenvalue weighted by Crippen LogP contribution is -2.46. The molecule has 0 saturated heterocycles. The van der Waals surface area contributed by atoms with E-state index in [0.29, 0.717) is 0 Å². The highest BCUT2D eigenvalue weighted by Crippen LogP contribution is 2.23. The van der Waals surface area contributed by atoms with Crippen molar-refractivity contribution in [3.8, 4) is 0 Å². The molecule has 0 spiro atoms. The van der Waals surface area contributed by atoms with E-state index in [-0.39, 0.29) is 12.1 Å². The van der Waals surface area contributed by atoms with Gasteiger partial charge in [-0.05, 0) is 30.4 Å². The number of urea groups is 1. The van der Waals surface area contributed by atoms with Crippen LogP contribution in [0.25, 0.3) is 0 Å². The van der Waals surface area contributed by atoms with E-state index in [0.717, 1.165) is 26.1 Å². The molecule has 106 valence electrons.